The molecular weight excluding hydrogens is 504 g/mol. The van der Waals surface area contributed by atoms with Crippen molar-refractivity contribution in [1.82, 2.24) is 14.9 Å². The zero-order valence-electron chi connectivity index (χ0n) is 19.8. The predicted molar refractivity (Wildman–Crippen MR) is 134 cm³/mol. The Labute approximate surface area is 214 Å². The number of rotatable bonds is 10. The van der Waals surface area contributed by atoms with E-state index < -0.39 is 36.2 Å². The van der Waals surface area contributed by atoms with Crippen LogP contribution in [-0.2, 0) is 24.0 Å². The molecule has 0 fully saturated rings. The number of hydrogen-bond acceptors (Lipinski definition) is 5. The molecule has 2 atom stereocenters. The topological polar surface area (TPSA) is 114 Å². The van der Waals surface area contributed by atoms with E-state index in [1.54, 1.807) is 24.3 Å². The summed E-state index contributed by atoms with van der Waals surface area (Å²) in [5.41, 5.74) is 3.41. The van der Waals surface area contributed by atoms with Crippen LogP contribution in [0.3, 0.4) is 0 Å². The molecule has 0 radical (unpaired) electrons. The van der Waals surface area contributed by atoms with Crippen LogP contribution in [0, 0.1) is 0 Å². The highest BCUT2D eigenvalue weighted by atomic mass is 32.2. The first-order valence-electron chi connectivity index (χ1n) is 11.4. The molecule has 194 valence electrons. The Bertz CT molecular complexity index is 1430. The van der Waals surface area contributed by atoms with Gasteiger partial charge in [-0.1, -0.05) is 12.1 Å². The molecule has 0 saturated heterocycles. The monoisotopic (exact) mass is 529 g/mol. The van der Waals surface area contributed by atoms with E-state index in [9.17, 15) is 22.9 Å². The summed E-state index contributed by atoms with van der Waals surface area (Å²) in [4.78, 5) is 17.2. The molecule has 1 amide bonds. The average molecular weight is 530 g/mol. The maximum atomic E-state index is 13.0. The van der Waals surface area contributed by atoms with E-state index in [4.69, 9.17) is 4.55 Å². The molecule has 4 aromatic rings. The van der Waals surface area contributed by atoms with Crippen LogP contribution in [0.4, 0.5) is 8.78 Å². The molecule has 11 heteroatoms. The number of pyridine rings is 1. The molecule has 2 heterocycles. The van der Waals surface area contributed by atoms with Crippen LogP contribution in [0.25, 0.3) is 10.9 Å². The van der Waals surface area contributed by atoms with Crippen LogP contribution < -0.4 is 10.1 Å². The third-order valence-electron chi connectivity index (χ3n) is 5.88. The molecule has 0 spiro atoms. The van der Waals surface area contributed by atoms with Gasteiger partial charge in [-0.25, -0.2) is 4.21 Å². The van der Waals surface area contributed by atoms with E-state index in [0.29, 0.717) is 24.2 Å². The second-order valence-corrected chi connectivity index (χ2v) is 9.20. The normalized spacial score (nSPS) is 13.0. The van der Waals surface area contributed by atoms with E-state index in [1.807, 2.05) is 25.1 Å². The molecule has 0 aliphatic carbocycles. The Balaban J connectivity index is 1.55. The number of amides is 1. The molecule has 4 rings (SSSR count). The predicted octanol–water partition coefficient (Wildman–Crippen LogP) is 4.29. The van der Waals surface area contributed by atoms with Crippen LogP contribution in [0.15, 0.2) is 71.8 Å². The summed E-state index contributed by atoms with van der Waals surface area (Å²) in [6.07, 6.45) is 1.70. The van der Waals surface area contributed by atoms with Crippen LogP contribution in [0.2, 0.25) is 0 Å². The van der Waals surface area contributed by atoms with Crippen molar-refractivity contribution in [1.29, 1.82) is 0 Å². The zero-order valence-corrected chi connectivity index (χ0v) is 20.6. The van der Waals surface area contributed by atoms with Crippen molar-refractivity contribution in [2.45, 2.75) is 37.4 Å². The van der Waals surface area contributed by atoms with E-state index >= 15 is 0 Å². The summed E-state index contributed by atoms with van der Waals surface area (Å²) in [5.74, 6) is -0.321. The summed E-state index contributed by atoms with van der Waals surface area (Å²) in [5, 5.41) is 13.4. The minimum Gasteiger partial charge on any atom is -0.435 e. The van der Waals surface area contributed by atoms with Gasteiger partial charge in [-0.3, -0.25) is 9.78 Å². The average Bonchev–Trinajstić information content (AvgIpc) is 3.23. The molecule has 0 bridgehead atoms. The van der Waals surface area contributed by atoms with Crippen molar-refractivity contribution in [2.75, 3.05) is 6.61 Å². The number of ether oxygens (including phenoxy) is 1. The lowest BCUT2D eigenvalue weighted by atomic mass is 10.1. The Morgan fingerprint density at radius 1 is 1.16 bits per heavy atom. The molecule has 1 unspecified atom stereocenters. The van der Waals surface area contributed by atoms with Gasteiger partial charge in [-0.15, -0.1) is 0 Å². The number of aliphatic hydroxyl groups excluding tert-OH is 1. The maximum absolute atomic E-state index is 13.0. The van der Waals surface area contributed by atoms with Crippen LogP contribution >= 0.6 is 0 Å². The lowest BCUT2D eigenvalue weighted by Gasteiger charge is -2.16. The van der Waals surface area contributed by atoms with E-state index in [2.05, 4.69) is 19.6 Å². The summed E-state index contributed by atoms with van der Waals surface area (Å²) < 4.78 is 52.0. The van der Waals surface area contributed by atoms with Gasteiger partial charge < -0.3 is 24.3 Å². The van der Waals surface area contributed by atoms with Gasteiger partial charge in [-0.2, -0.15) is 8.78 Å². The SMILES string of the molecule is CCn1c(Cc2cccc(OC(F)F)c2)cc2cc(C(=O)N[C@@H](CO)c3ccc(S(=O)O)cn3)ccc21. The van der Waals surface area contributed by atoms with Crippen molar-refractivity contribution in [3.8, 4) is 5.75 Å². The van der Waals surface area contributed by atoms with Crippen molar-refractivity contribution in [2.24, 2.45) is 0 Å². The van der Waals surface area contributed by atoms with Gasteiger partial charge in [0.2, 0.25) is 0 Å². The molecule has 37 heavy (non-hydrogen) atoms. The number of aryl methyl sites for hydroxylation is 1. The number of alkyl halides is 2. The van der Waals surface area contributed by atoms with E-state index in [1.165, 1.54) is 24.4 Å². The van der Waals surface area contributed by atoms with Gasteiger partial charge in [0.1, 0.15) is 5.75 Å². The fraction of sp³-hybridized carbons (Fsp3) is 0.231. The first-order chi connectivity index (χ1) is 17.8. The zero-order chi connectivity index (χ0) is 26.5. The number of aliphatic hydroxyl groups is 1. The van der Waals surface area contributed by atoms with Gasteiger partial charge in [0.05, 0.1) is 23.2 Å². The van der Waals surface area contributed by atoms with Crippen molar-refractivity contribution in [3.05, 3.63) is 89.4 Å². The fourth-order valence-electron chi connectivity index (χ4n) is 4.19. The summed E-state index contributed by atoms with van der Waals surface area (Å²) in [7, 11) is 0. The highest BCUT2D eigenvalue weighted by Crippen LogP contribution is 2.25. The minimum atomic E-state index is -2.89. The Morgan fingerprint density at radius 3 is 2.62 bits per heavy atom. The maximum Gasteiger partial charge on any atom is 0.387 e. The van der Waals surface area contributed by atoms with Gasteiger partial charge in [0.25, 0.3) is 5.91 Å². The number of halogens is 2. The lowest BCUT2D eigenvalue weighted by molar-refractivity contribution is -0.0498. The summed E-state index contributed by atoms with van der Waals surface area (Å²) >= 11 is -2.17. The van der Waals surface area contributed by atoms with Crippen molar-refractivity contribution >= 4 is 27.9 Å². The number of nitrogens with one attached hydrogen (secondary N) is 1. The van der Waals surface area contributed by atoms with Gasteiger partial charge in [0, 0.05) is 41.3 Å². The van der Waals surface area contributed by atoms with Crippen LogP contribution in [0.1, 0.15) is 40.3 Å². The van der Waals surface area contributed by atoms with Gasteiger partial charge in [0.15, 0.2) is 11.1 Å². The Kier molecular flexibility index (Phi) is 8.27. The molecule has 2 aromatic carbocycles. The molecule has 3 N–H and O–H groups in total. The number of benzene rings is 2. The largest absolute Gasteiger partial charge is 0.435 e. The molecular formula is C26H25F2N3O5S. The third-order valence-corrected chi connectivity index (χ3v) is 6.52. The van der Waals surface area contributed by atoms with Gasteiger partial charge >= 0.3 is 6.61 Å². The number of hydrogen-bond donors (Lipinski definition) is 3. The number of carbonyl (C=O) groups is 1. The second kappa shape index (κ2) is 11.6. The number of carbonyl (C=O) groups excluding carboxylic acids is 1. The summed E-state index contributed by atoms with van der Waals surface area (Å²) in [6.45, 7) is -0.637. The molecule has 2 aromatic heterocycles. The molecule has 8 nitrogen and oxygen atoms in total. The lowest BCUT2D eigenvalue weighted by Crippen LogP contribution is -2.31. The van der Waals surface area contributed by atoms with Crippen molar-refractivity contribution in [3.63, 3.8) is 0 Å². The highest BCUT2D eigenvalue weighted by molar-refractivity contribution is 7.79. The smallest absolute Gasteiger partial charge is 0.387 e. The van der Waals surface area contributed by atoms with Crippen LogP contribution in [-0.4, -0.2) is 42.5 Å². The van der Waals surface area contributed by atoms with Crippen LogP contribution in [0.5, 0.6) is 5.75 Å². The van der Waals surface area contributed by atoms with E-state index in [-0.39, 0.29) is 10.6 Å². The van der Waals surface area contributed by atoms with Gasteiger partial charge in [-0.05, 0) is 61.0 Å². The first kappa shape index (κ1) is 26.4. The highest BCUT2D eigenvalue weighted by Gasteiger charge is 2.18. The Morgan fingerprint density at radius 2 is 1.97 bits per heavy atom. The number of aromatic nitrogens is 2. The van der Waals surface area contributed by atoms with E-state index in [0.717, 1.165) is 22.2 Å². The molecule has 0 aliphatic rings. The number of nitrogens with zero attached hydrogens (tertiary/aromatic N) is 2. The standard InChI is InChI=1S/C26H25F2N3O5S/c1-2-31-19(10-16-4-3-5-20(11-16)36-26(27)28)13-18-12-17(6-9-24(18)31)25(33)30-23(15-32)22-8-7-21(14-29-22)37(34)35/h3-9,11-14,23,26,32H,2,10,15H2,1H3,(H,30,33)(H,34,35)/t23-/m0/s1. The quantitative estimate of drug-likeness (QED) is 0.264. The second-order valence-electron chi connectivity index (χ2n) is 8.23. The minimum absolute atomic E-state index is 0.0952. The first-order valence-corrected chi connectivity index (χ1v) is 12.5. The third kappa shape index (κ3) is 6.19. The molecule has 0 saturated carbocycles. The Hall–Kier alpha value is -3.67. The van der Waals surface area contributed by atoms with Crippen molar-refractivity contribution < 1.29 is 32.2 Å². The fourth-order valence-corrected chi connectivity index (χ4v) is 4.51. The molecule has 0 aliphatic heterocycles. The summed E-state index contributed by atoms with van der Waals surface area (Å²) in [6, 6.07) is 15.9. The number of fused-ring (bicyclic) bond motifs is 1.